The predicted molar refractivity (Wildman–Crippen MR) is 94.1 cm³/mol. The molecule has 1 nitrogen and oxygen atoms in total. The van der Waals surface area contributed by atoms with Crippen LogP contribution in [-0.2, 0) is 16.6 Å². The van der Waals surface area contributed by atoms with E-state index in [-0.39, 0.29) is 11.2 Å². The number of ketones is 1. The summed E-state index contributed by atoms with van der Waals surface area (Å²) in [6.45, 7) is 0. The number of rotatable bonds is 2. The average molecular weight is 298 g/mol. The van der Waals surface area contributed by atoms with Crippen LogP contribution in [0.1, 0.15) is 16.7 Å². The van der Waals surface area contributed by atoms with E-state index in [0.717, 1.165) is 6.42 Å². The van der Waals surface area contributed by atoms with E-state index in [2.05, 4.69) is 72.8 Å². The molecule has 2 aromatic carbocycles. The summed E-state index contributed by atoms with van der Waals surface area (Å²) in [7, 11) is 0. The molecule has 0 fully saturated rings. The normalized spacial score (nSPS) is 21.2. The van der Waals surface area contributed by atoms with Gasteiger partial charge in [-0.2, -0.15) is 0 Å². The molecule has 23 heavy (non-hydrogen) atoms. The van der Waals surface area contributed by atoms with Crippen molar-refractivity contribution in [3.05, 3.63) is 102 Å². The molecule has 0 saturated heterocycles. The molecule has 0 radical (unpaired) electrons. The largest absolute Gasteiger partial charge is 0.290 e. The third-order valence-corrected chi connectivity index (χ3v) is 4.90. The van der Waals surface area contributed by atoms with Gasteiger partial charge in [0.1, 0.15) is 0 Å². The first-order valence-corrected chi connectivity index (χ1v) is 8.02. The van der Waals surface area contributed by atoms with Gasteiger partial charge in [-0.3, -0.25) is 4.79 Å². The average Bonchev–Trinajstić information content (AvgIpc) is 2.90. The number of benzene rings is 2. The number of hydrogen-bond donors (Lipinski definition) is 0. The van der Waals surface area contributed by atoms with E-state index < -0.39 is 0 Å². The van der Waals surface area contributed by atoms with Gasteiger partial charge < -0.3 is 0 Å². The van der Waals surface area contributed by atoms with Crippen molar-refractivity contribution in [3.8, 4) is 0 Å². The summed E-state index contributed by atoms with van der Waals surface area (Å²) in [5, 5.41) is 0. The molecule has 0 aliphatic heterocycles. The first-order valence-electron chi connectivity index (χ1n) is 8.02. The second kappa shape index (κ2) is 5.51. The fourth-order valence-electron chi connectivity index (χ4n) is 3.72. The van der Waals surface area contributed by atoms with Crippen molar-refractivity contribution in [1.82, 2.24) is 0 Å². The molecular formula is C22H18O. The molecule has 1 atom stereocenters. The zero-order chi connectivity index (χ0) is 15.7. The highest BCUT2D eigenvalue weighted by Crippen LogP contribution is 2.47. The van der Waals surface area contributed by atoms with Gasteiger partial charge in [-0.05, 0) is 41.2 Å². The Morgan fingerprint density at radius 1 is 0.913 bits per heavy atom. The summed E-state index contributed by atoms with van der Waals surface area (Å²) in [6.07, 6.45) is 13.1. The zero-order valence-corrected chi connectivity index (χ0v) is 12.9. The fourth-order valence-corrected chi connectivity index (χ4v) is 3.72. The lowest BCUT2D eigenvalue weighted by atomic mass is 9.72. The maximum atomic E-state index is 11.6. The molecule has 112 valence electrons. The summed E-state index contributed by atoms with van der Waals surface area (Å²) in [5.74, 6) is 0.409. The highest BCUT2D eigenvalue weighted by Gasteiger charge is 2.42. The molecule has 2 aliphatic rings. The lowest BCUT2D eigenvalue weighted by Gasteiger charge is -2.30. The summed E-state index contributed by atoms with van der Waals surface area (Å²) >= 11 is 0. The number of allylic oxidation sites excluding steroid dienone is 5. The van der Waals surface area contributed by atoms with Crippen LogP contribution in [0.4, 0.5) is 0 Å². The van der Waals surface area contributed by atoms with Crippen molar-refractivity contribution in [1.29, 1.82) is 0 Å². The van der Waals surface area contributed by atoms with Crippen molar-refractivity contribution in [2.24, 2.45) is 5.92 Å². The van der Waals surface area contributed by atoms with Gasteiger partial charge in [0.25, 0.3) is 0 Å². The topological polar surface area (TPSA) is 17.1 Å². The highest BCUT2D eigenvalue weighted by molar-refractivity contribution is 6.01. The van der Waals surface area contributed by atoms with Crippen molar-refractivity contribution in [2.45, 2.75) is 11.8 Å². The van der Waals surface area contributed by atoms with E-state index in [1.807, 2.05) is 6.07 Å². The van der Waals surface area contributed by atoms with Crippen LogP contribution in [-0.4, -0.2) is 5.78 Å². The Hall–Kier alpha value is -2.67. The van der Waals surface area contributed by atoms with Crippen LogP contribution in [0.25, 0.3) is 6.08 Å². The minimum Gasteiger partial charge on any atom is -0.290 e. The summed E-state index contributed by atoms with van der Waals surface area (Å²) in [4.78, 5) is 11.6. The molecular weight excluding hydrogens is 280 g/mol. The molecule has 0 amide bonds. The van der Waals surface area contributed by atoms with Gasteiger partial charge in [0.15, 0.2) is 5.78 Å². The maximum Gasteiger partial charge on any atom is 0.178 e. The van der Waals surface area contributed by atoms with Gasteiger partial charge in [-0.1, -0.05) is 78.9 Å². The monoisotopic (exact) mass is 298 g/mol. The SMILES string of the molecule is O=C1C=CC2(C=C1)c1ccccc1CC2/C=C/c1ccccc1. The summed E-state index contributed by atoms with van der Waals surface area (Å²) in [6, 6.07) is 18.9. The summed E-state index contributed by atoms with van der Waals surface area (Å²) in [5.41, 5.74) is 3.72. The molecule has 2 aromatic rings. The van der Waals surface area contributed by atoms with Crippen molar-refractivity contribution in [2.75, 3.05) is 0 Å². The van der Waals surface area contributed by atoms with E-state index >= 15 is 0 Å². The molecule has 0 aromatic heterocycles. The van der Waals surface area contributed by atoms with Crippen molar-refractivity contribution >= 4 is 11.9 Å². The Morgan fingerprint density at radius 3 is 2.39 bits per heavy atom. The Morgan fingerprint density at radius 2 is 1.61 bits per heavy atom. The number of hydrogen-bond acceptors (Lipinski definition) is 1. The minimum atomic E-state index is -0.185. The molecule has 1 spiro atoms. The van der Waals surface area contributed by atoms with Crippen LogP contribution in [0.3, 0.4) is 0 Å². The zero-order valence-electron chi connectivity index (χ0n) is 12.9. The smallest absolute Gasteiger partial charge is 0.178 e. The molecule has 4 rings (SSSR count). The number of carbonyl (C=O) groups excluding carboxylic acids is 1. The first kappa shape index (κ1) is 14.0. The van der Waals surface area contributed by atoms with E-state index in [1.165, 1.54) is 16.7 Å². The van der Waals surface area contributed by atoms with Gasteiger partial charge in [-0.15, -0.1) is 0 Å². The van der Waals surface area contributed by atoms with Crippen LogP contribution in [0.15, 0.2) is 85.0 Å². The lowest BCUT2D eigenvalue weighted by molar-refractivity contribution is -0.110. The van der Waals surface area contributed by atoms with Gasteiger partial charge in [0.2, 0.25) is 0 Å². The molecule has 1 heteroatoms. The molecule has 2 aliphatic carbocycles. The maximum absolute atomic E-state index is 11.6. The Bertz CT molecular complexity index is 808. The first-order chi connectivity index (χ1) is 11.3. The van der Waals surface area contributed by atoms with Gasteiger partial charge in [0.05, 0.1) is 0 Å². The predicted octanol–water partition coefficient (Wildman–Crippen LogP) is 4.51. The van der Waals surface area contributed by atoms with Crippen LogP contribution in [0, 0.1) is 5.92 Å². The number of fused-ring (bicyclic) bond motifs is 2. The Kier molecular flexibility index (Phi) is 3.34. The molecule has 0 heterocycles. The second-order valence-electron chi connectivity index (χ2n) is 6.24. The van der Waals surface area contributed by atoms with Gasteiger partial charge >= 0.3 is 0 Å². The minimum absolute atomic E-state index is 0.0748. The third kappa shape index (κ3) is 2.39. The second-order valence-corrected chi connectivity index (χ2v) is 6.24. The summed E-state index contributed by atoms with van der Waals surface area (Å²) < 4.78 is 0. The van der Waals surface area contributed by atoms with E-state index in [4.69, 9.17) is 0 Å². The Balaban J connectivity index is 1.75. The van der Waals surface area contributed by atoms with Crippen LogP contribution in [0.2, 0.25) is 0 Å². The highest BCUT2D eigenvalue weighted by atomic mass is 16.1. The van der Waals surface area contributed by atoms with E-state index in [9.17, 15) is 4.79 Å². The Labute approximate surface area is 136 Å². The van der Waals surface area contributed by atoms with Gasteiger partial charge in [-0.25, -0.2) is 0 Å². The molecule has 0 N–H and O–H groups in total. The molecule has 1 unspecified atom stereocenters. The van der Waals surface area contributed by atoms with Gasteiger partial charge in [0, 0.05) is 5.41 Å². The van der Waals surface area contributed by atoms with Crippen molar-refractivity contribution in [3.63, 3.8) is 0 Å². The standard InChI is InChI=1S/C22H18O/c23-20-12-14-22(15-13-20)19(11-10-17-6-2-1-3-7-17)16-18-8-4-5-9-21(18)22/h1-15,19H,16H2/b11-10+. The van der Waals surface area contributed by atoms with Crippen LogP contribution >= 0.6 is 0 Å². The number of carbonyl (C=O) groups is 1. The quantitative estimate of drug-likeness (QED) is 0.797. The molecule has 0 saturated carbocycles. The lowest BCUT2D eigenvalue weighted by Crippen LogP contribution is -2.28. The van der Waals surface area contributed by atoms with Crippen LogP contribution < -0.4 is 0 Å². The fraction of sp³-hybridized carbons (Fsp3) is 0.136. The van der Waals surface area contributed by atoms with E-state index in [1.54, 1.807) is 12.2 Å². The van der Waals surface area contributed by atoms with E-state index in [0.29, 0.717) is 5.92 Å². The third-order valence-electron chi connectivity index (χ3n) is 4.90. The van der Waals surface area contributed by atoms with Crippen LogP contribution in [0.5, 0.6) is 0 Å². The molecule has 0 bridgehead atoms. The van der Waals surface area contributed by atoms with Crippen molar-refractivity contribution < 1.29 is 4.79 Å².